The van der Waals surface area contributed by atoms with E-state index in [1.807, 2.05) is 21.1 Å². The molecule has 0 saturated carbocycles. The summed E-state index contributed by atoms with van der Waals surface area (Å²) in [5.74, 6) is -1.20. The number of carboxylic acid groups (broad SMARTS) is 1. The number of aliphatic hydroxyl groups is 1. The molecule has 0 aliphatic carbocycles. The molecule has 0 bridgehead atoms. The monoisotopic (exact) mass is 305 g/mol. The van der Waals surface area contributed by atoms with E-state index in [1.165, 1.54) is 0 Å². The van der Waals surface area contributed by atoms with Crippen molar-refractivity contribution in [2.24, 2.45) is 0 Å². The summed E-state index contributed by atoms with van der Waals surface area (Å²) in [4.78, 5) is 10.0. The third-order valence-corrected chi connectivity index (χ3v) is 1.16. The second kappa shape index (κ2) is 7.89. The van der Waals surface area contributed by atoms with Gasteiger partial charge in [0.25, 0.3) is 0 Å². The van der Waals surface area contributed by atoms with Crippen LogP contribution in [0.2, 0.25) is 0 Å². The van der Waals surface area contributed by atoms with Crippen LogP contribution in [0, 0.1) is 0 Å². The van der Waals surface area contributed by atoms with Gasteiger partial charge in [-0.2, -0.15) is 0 Å². The van der Waals surface area contributed by atoms with E-state index in [0.29, 0.717) is 11.0 Å². The van der Waals surface area contributed by atoms with Gasteiger partial charge in [0.1, 0.15) is 12.6 Å². The molecule has 0 amide bonds. The van der Waals surface area contributed by atoms with Gasteiger partial charge in [-0.05, 0) is 0 Å². The number of carboxylic acids is 1. The van der Waals surface area contributed by atoms with Crippen LogP contribution in [0.3, 0.4) is 0 Å². The maximum absolute atomic E-state index is 10.0. The maximum Gasteiger partial charge on any atom is 0.108 e. The smallest absolute Gasteiger partial charge is 0.108 e. The van der Waals surface area contributed by atoms with E-state index in [1.54, 1.807) is 0 Å². The van der Waals surface area contributed by atoms with Crippen molar-refractivity contribution in [3.8, 4) is 0 Å². The third kappa shape index (κ3) is 15.3. The molecule has 0 aromatic rings. The van der Waals surface area contributed by atoms with Crippen molar-refractivity contribution in [1.82, 2.24) is 0 Å². The molecule has 1 atom stereocenters. The molecule has 4 nitrogen and oxygen atoms in total. The summed E-state index contributed by atoms with van der Waals surface area (Å²) < 4.78 is 0.550. The van der Waals surface area contributed by atoms with Gasteiger partial charge in [-0.25, -0.2) is 0 Å². The number of aliphatic hydroxyl groups excluding tert-OH is 1. The SMILES string of the molecule is C[N+](C)(C)C[C@H](O)CC(=O)[O-].[Se].[Zn]. The summed E-state index contributed by atoms with van der Waals surface area (Å²) in [7, 11) is 5.66. The molecule has 0 fully saturated rings. The fourth-order valence-electron chi connectivity index (χ4n) is 0.889. The molecule has 0 aromatic heterocycles. The normalized spacial score (nSPS) is 12.3. The summed E-state index contributed by atoms with van der Waals surface area (Å²) in [6.07, 6.45) is -1.09. The number of carbonyl (C=O) groups is 1. The Kier molecular flexibility index (Phi) is 11.6. The summed E-state index contributed by atoms with van der Waals surface area (Å²) in [6, 6.07) is 0. The van der Waals surface area contributed by atoms with Gasteiger partial charge in [0.05, 0.1) is 21.1 Å². The Labute approximate surface area is 102 Å². The fraction of sp³-hybridized carbons (Fsp3) is 0.857. The molecule has 0 unspecified atom stereocenters. The zero-order valence-electron chi connectivity index (χ0n) is 8.32. The molecule has 6 heteroatoms. The minimum Gasteiger partial charge on any atom is -0.550 e. The summed E-state index contributed by atoms with van der Waals surface area (Å²) >= 11 is 0. The second-order valence-corrected chi connectivity index (χ2v) is 3.70. The van der Waals surface area contributed by atoms with Gasteiger partial charge in [-0.1, -0.05) is 0 Å². The van der Waals surface area contributed by atoms with Gasteiger partial charge in [-0.3, -0.25) is 0 Å². The van der Waals surface area contributed by atoms with Crippen LogP contribution in [0.1, 0.15) is 6.42 Å². The van der Waals surface area contributed by atoms with Gasteiger partial charge in [0.2, 0.25) is 0 Å². The standard InChI is InChI=1S/C7H15NO3.Se.Zn/c1-8(2,3)5-6(9)4-7(10)11;;/h6,9H,4-5H2,1-3H3;;/t6-;;/m1../s1. The van der Waals surface area contributed by atoms with E-state index in [2.05, 4.69) is 0 Å². The van der Waals surface area contributed by atoms with Crippen LogP contribution in [0.5, 0.6) is 0 Å². The van der Waals surface area contributed by atoms with Crippen LogP contribution in [-0.2, 0) is 24.3 Å². The Bertz CT molecular complexity index is 149. The number of quaternary nitrogens is 1. The van der Waals surface area contributed by atoms with Crippen LogP contribution < -0.4 is 5.11 Å². The molecule has 0 rings (SSSR count). The first kappa shape index (κ1) is 19.2. The molecule has 74 valence electrons. The quantitative estimate of drug-likeness (QED) is 0.474. The first-order valence-electron chi connectivity index (χ1n) is 3.49. The van der Waals surface area contributed by atoms with Crippen LogP contribution in [-0.4, -0.2) is 66.4 Å². The largest absolute Gasteiger partial charge is 0.550 e. The van der Waals surface area contributed by atoms with Crippen LogP contribution in [0.25, 0.3) is 0 Å². The predicted octanol–water partition coefficient (Wildman–Crippen LogP) is -2.19. The number of rotatable bonds is 4. The minimum absolute atomic E-state index is 0. The second-order valence-electron chi connectivity index (χ2n) is 3.70. The van der Waals surface area contributed by atoms with Crippen molar-refractivity contribution in [2.75, 3.05) is 27.7 Å². The molecular weight excluding hydrogens is 290 g/mol. The van der Waals surface area contributed by atoms with Crippen molar-refractivity contribution in [3.05, 3.63) is 0 Å². The molecular formula is C7H15NO3SeZn. The number of aliphatic carboxylic acids is 1. The number of likely N-dealkylation sites (N-methyl/N-ethyl adjacent to an activating group) is 1. The van der Waals surface area contributed by atoms with Gasteiger partial charge in [0, 0.05) is 48.9 Å². The first-order chi connectivity index (χ1) is 4.81. The van der Waals surface area contributed by atoms with E-state index in [9.17, 15) is 9.90 Å². The zero-order valence-corrected chi connectivity index (χ0v) is 13.0. The van der Waals surface area contributed by atoms with Gasteiger partial charge in [-0.15, -0.1) is 0 Å². The van der Waals surface area contributed by atoms with Gasteiger partial charge >= 0.3 is 0 Å². The van der Waals surface area contributed by atoms with E-state index >= 15 is 0 Å². The third-order valence-electron chi connectivity index (χ3n) is 1.16. The van der Waals surface area contributed by atoms with E-state index in [-0.39, 0.29) is 43.0 Å². The Morgan fingerprint density at radius 1 is 1.46 bits per heavy atom. The Morgan fingerprint density at radius 2 is 1.85 bits per heavy atom. The molecule has 2 radical (unpaired) electrons. The molecule has 0 aromatic carbocycles. The number of hydrogen-bond acceptors (Lipinski definition) is 3. The van der Waals surface area contributed by atoms with Crippen molar-refractivity contribution < 1.29 is 39.0 Å². The van der Waals surface area contributed by atoms with E-state index in [4.69, 9.17) is 5.11 Å². The average molecular weight is 306 g/mol. The van der Waals surface area contributed by atoms with Crippen LogP contribution in [0.15, 0.2) is 0 Å². The molecule has 1 N–H and O–H groups in total. The van der Waals surface area contributed by atoms with E-state index in [0.717, 1.165) is 0 Å². The number of carbonyl (C=O) groups excluding carboxylic acids is 1. The topological polar surface area (TPSA) is 60.4 Å². The van der Waals surface area contributed by atoms with Gasteiger partial charge in [0.15, 0.2) is 0 Å². The molecule has 13 heavy (non-hydrogen) atoms. The van der Waals surface area contributed by atoms with Crippen LogP contribution >= 0.6 is 0 Å². The Balaban J connectivity index is -0.000000500. The average Bonchev–Trinajstić information content (AvgIpc) is 1.53. The predicted molar refractivity (Wildman–Crippen MR) is 44.3 cm³/mol. The zero-order chi connectivity index (χ0) is 9.07. The molecule has 0 heterocycles. The van der Waals surface area contributed by atoms with Crippen molar-refractivity contribution in [2.45, 2.75) is 12.5 Å². The molecule has 0 saturated heterocycles. The number of nitrogens with zero attached hydrogens (tertiary/aromatic N) is 1. The summed E-state index contributed by atoms with van der Waals surface area (Å²) in [5, 5.41) is 19.1. The summed E-state index contributed by atoms with van der Waals surface area (Å²) in [6.45, 7) is 0.425. The Morgan fingerprint density at radius 3 is 2.08 bits per heavy atom. The van der Waals surface area contributed by atoms with Crippen molar-refractivity contribution in [3.63, 3.8) is 0 Å². The fourth-order valence-corrected chi connectivity index (χ4v) is 0.889. The van der Waals surface area contributed by atoms with Crippen molar-refractivity contribution in [1.29, 1.82) is 0 Å². The van der Waals surface area contributed by atoms with Crippen LogP contribution in [0.4, 0.5) is 0 Å². The Hall–Kier alpha value is 0.533. The van der Waals surface area contributed by atoms with E-state index < -0.39 is 12.1 Å². The van der Waals surface area contributed by atoms with Gasteiger partial charge < -0.3 is 19.5 Å². The molecule has 0 aliphatic heterocycles. The summed E-state index contributed by atoms with van der Waals surface area (Å²) in [5.41, 5.74) is 0. The number of hydrogen-bond donors (Lipinski definition) is 1. The van der Waals surface area contributed by atoms with Crippen molar-refractivity contribution >= 4 is 23.0 Å². The molecule has 0 spiro atoms. The first-order valence-corrected chi connectivity index (χ1v) is 3.49. The maximum atomic E-state index is 10.0. The molecule has 0 aliphatic rings. The minimum atomic E-state index is -1.20.